The van der Waals surface area contributed by atoms with Crippen LogP contribution < -0.4 is 32.0 Å². The molecule has 2 aromatic rings. The molecule has 13 heteroatoms. The van der Waals surface area contributed by atoms with Gasteiger partial charge in [0, 0.05) is 12.8 Å². The van der Waals surface area contributed by atoms with Crippen molar-refractivity contribution in [3.8, 4) is 5.75 Å². The van der Waals surface area contributed by atoms with E-state index in [4.69, 9.17) is 4.74 Å². The molecule has 1 saturated heterocycles. The first-order valence-electron chi connectivity index (χ1n) is 13.0. The van der Waals surface area contributed by atoms with Gasteiger partial charge in [-0.2, -0.15) is 37.4 Å². The number of alkyl halides is 6. The first-order chi connectivity index (χ1) is 19.0. The fourth-order valence-corrected chi connectivity index (χ4v) is 5.49. The van der Waals surface area contributed by atoms with Crippen molar-refractivity contribution in [1.82, 2.24) is 27.2 Å². The van der Waals surface area contributed by atoms with Gasteiger partial charge in [0.2, 0.25) is 0 Å². The van der Waals surface area contributed by atoms with Crippen molar-refractivity contribution in [3.63, 3.8) is 0 Å². The van der Waals surface area contributed by atoms with E-state index in [1.165, 1.54) is 24.3 Å². The van der Waals surface area contributed by atoms with Crippen LogP contribution >= 0.6 is 0 Å². The molecule has 40 heavy (non-hydrogen) atoms. The number of carbonyl (C=O) groups excluding carboxylic acids is 1. The summed E-state index contributed by atoms with van der Waals surface area (Å²) >= 11 is 0. The Morgan fingerprint density at radius 3 is 2.23 bits per heavy atom. The van der Waals surface area contributed by atoms with Crippen molar-refractivity contribution in [2.24, 2.45) is 0 Å². The predicted octanol–water partition coefficient (Wildman–Crippen LogP) is 4.46. The third-order valence-corrected chi connectivity index (χ3v) is 7.52. The van der Waals surface area contributed by atoms with Gasteiger partial charge in [-0.05, 0) is 72.1 Å². The third kappa shape index (κ3) is 5.82. The summed E-state index contributed by atoms with van der Waals surface area (Å²) in [5, 5.41) is 2.24. The summed E-state index contributed by atoms with van der Waals surface area (Å²) in [6.07, 6.45) is -8.11. The highest BCUT2D eigenvalue weighted by Crippen LogP contribution is 2.49. The summed E-state index contributed by atoms with van der Waals surface area (Å²) in [5.41, 5.74) is 11.0. The van der Waals surface area contributed by atoms with Crippen LogP contribution in [0.1, 0.15) is 54.4 Å². The van der Waals surface area contributed by atoms with Crippen LogP contribution in [0.5, 0.6) is 5.75 Å². The number of nitrogens with one attached hydrogen (secondary N) is 5. The summed E-state index contributed by atoms with van der Waals surface area (Å²) in [6, 6.07) is 10.5. The number of hydrazine groups is 3. The Labute approximate surface area is 226 Å². The quantitative estimate of drug-likeness (QED) is 0.250. The lowest BCUT2D eigenvalue weighted by molar-refractivity contribution is -0.202. The van der Waals surface area contributed by atoms with Crippen LogP contribution in [0.15, 0.2) is 48.0 Å². The van der Waals surface area contributed by atoms with Gasteiger partial charge in [0.05, 0.1) is 12.2 Å². The number of hydrogen-bond donors (Lipinski definition) is 5. The van der Waals surface area contributed by atoms with Gasteiger partial charge in [0.25, 0.3) is 5.91 Å². The maximum Gasteiger partial charge on any atom is 0.416 e. The third-order valence-electron chi connectivity index (χ3n) is 7.52. The molecule has 3 aliphatic rings. The Bertz CT molecular complexity index is 1270. The highest BCUT2D eigenvalue weighted by Gasteiger charge is 2.60. The van der Waals surface area contributed by atoms with E-state index < -0.39 is 42.8 Å². The molecule has 1 atom stereocenters. The fourth-order valence-electron chi connectivity index (χ4n) is 5.49. The second-order valence-electron chi connectivity index (χ2n) is 10.2. The largest absolute Gasteiger partial charge is 0.494 e. The highest BCUT2D eigenvalue weighted by molar-refractivity contribution is 6.05. The first kappa shape index (κ1) is 28.4. The molecule has 5 rings (SSSR count). The van der Waals surface area contributed by atoms with Crippen molar-refractivity contribution >= 4 is 11.5 Å². The minimum Gasteiger partial charge on any atom is -0.494 e. The van der Waals surface area contributed by atoms with E-state index in [-0.39, 0.29) is 35.5 Å². The molecule has 2 aliphatic heterocycles. The number of rotatable bonds is 7. The predicted molar refractivity (Wildman–Crippen MR) is 134 cm³/mol. The summed E-state index contributed by atoms with van der Waals surface area (Å²) in [7, 11) is 0. The molecule has 0 saturated carbocycles. The summed E-state index contributed by atoms with van der Waals surface area (Å²) in [4.78, 5) is 13.5. The number of halogens is 6. The van der Waals surface area contributed by atoms with Crippen LogP contribution in [0.3, 0.4) is 0 Å². The number of ether oxygens (including phenoxy) is 1. The molecule has 2 aromatic carbocycles. The van der Waals surface area contributed by atoms with Crippen molar-refractivity contribution in [2.45, 2.75) is 69.0 Å². The van der Waals surface area contributed by atoms with Crippen LogP contribution in [0, 0.1) is 0 Å². The average Bonchev–Trinajstić information content (AvgIpc) is 3.44. The molecule has 7 nitrogen and oxygen atoms in total. The second kappa shape index (κ2) is 11.0. The first-order valence-corrected chi connectivity index (χ1v) is 13.0. The standard InChI is InChI=1S/C27H29F6N5O2/c28-26(29,30)12-3-13-40-20-10-8-19(9-11-20)25(27(31,32)33)15-21(22(24(39)34-25)23-35-37-38-36-23)18-7-6-16-4-1-2-5-17(16)14-18/h6-11,14,23,35-38H,1-5,12-13,15H2,(H,34,39). The fraction of sp³-hybridized carbons (Fsp3) is 0.444. The van der Waals surface area contributed by atoms with Gasteiger partial charge in [0.15, 0.2) is 5.54 Å². The van der Waals surface area contributed by atoms with Crippen LogP contribution in [0.2, 0.25) is 0 Å². The minimum atomic E-state index is -4.88. The van der Waals surface area contributed by atoms with Gasteiger partial charge in [0.1, 0.15) is 11.9 Å². The van der Waals surface area contributed by atoms with E-state index in [0.29, 0.717) is 5.56 Å². The highest BCUT2D eigenvalue weighted by atomic mass is 19.4. The molecule has 0 radical (unpaired) electrons. The summed E-state index contributed by atoms with van der Waals surface area (Å²) in [5.74, 6) is -0.757. The molecule has 1 unspecified atom stereocenters. The van der Waals surface area contributed by atoms with Gasteiger partial charge < -0.3 is 10.1 Å². The Hall–Kier alpha value is -3.13. The van der Waals surface area contributed by atoms with E-state index in [9.17, 15) is 31.1 Å². The maximum atomic E-state index is 15.0. The SMILES string of the molecule is O=C1NC(c2ccc(OCCCC(F)(F)F)cc2)(C(F)(F)F)CC(c2ccc3c(c2)CCCC3)=C1C1NNNN1. The molecule has 5 N–H and O–H groups in total. The minimum absolute atomic E-state index is 0.123. The molecular formula is C27H29F6N5O2. The second-order valence-corrected chi connectivity index (χ2v) is 10.2. The summed E-state index contributed by atoms with van der Waals surface area (Å²) in [6.45, 7) is -0.238. The van der Waals surface area contributed by atoms with E-state index in [1.807, 2.05) is 12.1 Å². The monoisotopic (exact) mass is 569 g/mol. The van der Waals surface area contributed by atoms with Crippen LogP contribution in [0.25, 0.3) is 5.57 Å². The van der Waals surface area contributed by atoms with Gasteiger partial charge in [-0.1, -0.05) is 30.3 Å². The lowest BCUT2D eigenvalue weighted by Gasteiger charge is -2.42. The van der Waals surface area contributed by atoms with E-state index >= 15 is 0 Å². The number of carbonyl (C=O) groups is 1. The lowest BCUT2D eigenvalue weighted by Crippen LogP contribution is -2.60. The summed E-state index contributed by atoms with van der Waals surface area (Å²) < 4.78 is 87.3. The van der Waals surface area contributed by atoms with Crippen LogP contribution in [-0.4, -0.2) is 31.0 Å². The van der Waals surface area contributed by atoms with Crippen molar-refractivity contribution in [3.05, 3.63) is 70.3 Å². The molecule has 2 heterocycles. The number of benzene rings is 2. The van der Waals surface area contributed by atoms with E-state index in [2.05, 4.69) is 27.2 Å². The number of hydrogen-bond acceptors (Lipinski definition) is 6. The van der Waals surface area contributed by atoms with Gasteiger partial charge in [-0.3, -0.25) is 4.79 Å². The average molecular weight is 570 g/mol. The van der Waals surface area contributed by atoms with E-state index in [0.717, 1.165) is 36.8 Å². The molecule has 0 spiro atoms. The lowest BCUT2D eigenvalue weighted by atomic mass is 9.75. The Morgan fingerprint density at radius 2 is 1.57 bits per heavy atom. The van der Waals surface area contributed by atoms with E-state index in [1.54, 1.807) is 6.07 Å². The molecule has 1 amide bonds. The molecular weight excluding hydrogens is 540 g/mol. The number of fused-ring (bicyclic) bond motifs is 1. The van der Waals surface area contributed by atoms with Crippen molar-refractivity contribution < 1.29 is 35.9 Å². The zero-order chi connectivity index (χ0) is 28.5. The van der Waals surface area contributed by atoms with Crippen molar-refractivity contribution in [1.29, 1.82) is 0 Å². The number of amides is 1. The molecule has 0 aromatic heterocycles. The Morgan fingerprint density at radius 1 is 0.900 bits per heavy atom. The van der Waals surface area contributed by atoms with Crippen molar-refractivity contribution in [2.75, 3.05) is 6.61 Å². The molecule has 1 fully saturated rings. The molecule has 0 bridgehead atoms. The van der Waals surface area contributed by atoms with Gasteiger partial charge in [-0.25, -0.2) is 10.9 Å². The molecule has 1 aliphatic carbocycles. The van der Waals surface area contributed by atoms with Crippen LogP contribution in [0.4, 0.5) is 26.3 Å². The normalized spacial score (nSPS) is 22.3. The Balaban J connectivity index is 1.50. The smallest absolute Gasteiger partial charge is 0.416 e. The van der Waals surface area contributed by atoms with Gasteiger partial charge in [-0.15, -0.1) is 0 Å². The molecule has 216 valence electrons. The number of aryl methyl sites for hydroxylation is 2. The maximum absolute atomic E-state index is 15.0. The van der Waals surface area contributed by atoms with Gasteiger partial charge >= 0.3 is 12.4 Å². The van der Waals surface area contributed by atoms with Crippen LogP contribution in [-0.2, 0) is 23.2 Å². The topological polar surface area (TPSA) is 86.5 Å². The Kier molecular flexibility index (Phi) is 7.83. The zero-order valence-corrected chi connectivity index (χ0v) is 21.4. The zero-order valence-electron chi connectivity index (χ0n) is 21.4.